The van der Waals surface area contributed by atoms with Gasteiger partial charge in [0.2, 0.25) is 0 Å². The molecule has 0 radical (unpaired) electrons. The number of piperazine rings is 1. The number of hydrogen-bond donors (Lipinski definition) is 0. The maximum Gasteiger partial charge on any atom is 0.0822 e. The van der Waals surface area contributed by atoms with E-state index in [1.54, 1.807) is 0 Å². The van der Waals surface area contributed by atoms with Gasteiger partial charge in [0.05, 0.1) is 5.50 Å². The molecule has 1 aliphatic rings. The summed E-state index contributed by atoms with van der Waals surface area (Å²) in [6.07, 6.45) is 1.15. The Hall–Kier alpha value is 0.01000. The lowest BCUT2D eigenvalue weighted by Crippen LogP contribution is -2.48. The topological polar surface area (TPSA) is 6.48 Å². The second kappa shape index (κ2) is 9.84. The molecule has 110 valence electrons. The number of benzene rings is 1. The fraction of sp³-hybridized carbons (Fsp3) is 0.571. The summed E-state index contributed by atoms with van der Waals surface area (Å²) in [5.41, 5.74) is 1.60. The van der Waals surface area contributed by atoms with Gasteiger partial charge in [-0.15, -0.1) is 36.4 Å². The van der Waals surface area contributed by atoms with E-state index in [0.29, 0.717) is 0 Å². The molecule has 0 spiro atoms. The number of alkyl halides is 1. The average molecular weight is 326 g/mol. The van der Waals surface area contributed by atoms with E-state index in [1.165, 1.54) is 5.56 Å². The summed E-state index contributed by atoms with van der Waals surface area (Å²) in [7, 11) is 0. The summed E-state index contributed by atoms with van der Waals surface area (Å²) in [6.45, 7) is 7.70. The first kappa shape index (κ1) is 19.0. The summed E-state index contributed by atoms with van der Waals surface area (Å²) in [5, 5.41) is 0. The Morgan fingerprint density at radius 1 is 1.05 bits per heavy atom. The summed E-state index contributed by atoms with van der Waals surface area (Å²) in [4.78, 5) is 4.86. The van der Waals surface area contributed by atoms with Crippen LogP contribution in [-0.4, -0.2) is 48.0 Å². The summed E-state index contributed by atoms with van der Waals surface area (Å²) < 4.78 is 0. The van der Waals surface area contributed by atoms with Crippen molar-refractivity contribution < 1.29 is 0 Å². The zero-order valence-corrected chi connectivity index (χ0v) is 13.7. The second-order valence-corrected chi connectivity index (χ2v) is 5.32. The van der Waals surface area contributed by atoms with Gasteiger partial charge in [-0.3, -0.25) is 4.90 Å². The Morgan fingerprint density at radius 3 is 2.16 bits per heavy atom. The van der Waals surface area contributed by atoms with E-state index in [4.69, 9.17) is 11.6 Å². The molecule has 0 amide bonds. The lowest BCUT2D eigenvalue weighted by molar-refractivity contribution is 0.127. The molecule has 0 aliphatic carbocycles. The molecule has 1 heterocycles. The molecular weight excluding hydrogens is 303 g/mol. The lowest BCUT2D eigenvalue weighted by Gasteiger charge is -2.36. The van der Waals surface area contributed by atoms with Gasteiger partial charge in [0, 0.05) is 32.7 Å². The third kappa shape index (κ3) is 6.33. The number of nitrogens with zero attached hydrogens (tertiary/aromatic N) is 2. The molecule has 1 aromatic carbocycles. The molecule has 0 bridgehead atoms. The zero-order valence-electron chi connectivity index (χ0n) is 11.3. The van der Waals surface area contributed by atoms with Gasteiger partial charge < -0.3 is 4.90 Å². The van der Waals surface area contributed by atoms with E-state index < -0.39 is 0 Å². The molecule has 1 atom stereocenters. The van der Waals surface area contributed by atoms with Crippen molar-refractivity contribution in [2.45, 2.75) is 18.8 Å². The van der Waals surface area contributed by atoms with Gasteiger partial charge in [-0.05, 0) is 18.9 Å². The Morgan fingerprint density at radius 2 is 1.63 bits per heavy atom. The van der Waals surface area contributed by atoms with E-state index in [1.807, 2.05) is 0 Å². The van der Waals surface area contributed by atoms with Gasteiger partial charge >= 0.3 is 0 Å². The van der Waals surface area contributed by atoms with Gasteiger partial charge in [-0.2, -0.15) is 0 Å². The molecule has 2 nitrogen and oxygen atoms in total. The fourth-order valence-electron chi connectivity index (χ4n) is 2.27. The molecule has 5 heteroatoms. The number of rotatable bonds is 4. The molecule has 0 N–H and O–H groups in total. The van der Waals surface area contributed by atoms with Crippen LogP contribution in [0.5, 0.6) is 0 Å². The Labute approximate surface area is 133 Å². The molecule has 0 saturated carbocycles. The SMILES string of the molecule is CC(Cl)N1CCN(CCc2ccccc2)CC1.Cl.Cl. The van der Waals surface area contributed by atoms with Gasteiger partial charge in [0.15, 0.2) is 0 Å². The van der Waals surface area contributed by atoms with Gasteiger partial charge in [-0.1, -0.05) is 30.3 Å². The fourth-order valence-corrected chi connectivity index (χ4v) is 2.47. The van der Waals surface area contributed by atoms with Gasteiger partial charge in [-0.25, -0.2) is 0 Å². The first-order valence-corrected chi connectivity index (χ1v) is 6.84. The van der Waals surface area contributed by atoms with E-state index in [2.05, 4.69) is 47.1 Å². The molecular formula is C14H23Cl3N2. The minimum atomic E-state index is 0. The van der Waals surface area contributed by atoms with Crippen molar-refractivity contribution in [1.82, 2.24) is 9.80 Å². The largest absolute Gasteiger partial charge is 0.300 e. The number of hydrogen-bond acceptors (Lipinski definition) is 2. The zero-order chi connectivity index (χ0) is 12.1. The minimum absolute atomic E-state index is 0. The molecule has 19 heavy (non-hydrogen) atoms. The van der Waals surface area contributed by atoms with Crippen LogP contribution in [0.25, 0.3) is 0 Å². The Kier molecular flexibility index (Phi) is 9.85. The quantitative estimate of drug-likeness (QED) is 0.619. The highest BCUT2D eigenvalue weighted by atomic mass is 35.5. The third-order valence-electron chi connectivity index (χ3n) is 3.47. The standard InChI is InChI=1S/C14H21ClN2.2ClH/c1-13(15)17-11-9-16(10-12-17)8-7-14-5-3-2-4-6-14;;/h2-6,13H,7-12H2,1H3;2*1H. The predicted molar refractivity (Wildman–Crippen MR) is 88.0 cm³/mol. The second-order valence-electron chi connectivity index (χ2n) is 4.69. The smallest absolute Gasteiger partial charge is 0.0822 e. The highest BCUT2D eigenvalue weighted by Gasteiger charge is 2.19. The van der Waals surface area contributed by atoms with Crippen molar-refractivity contribution in [2.75, 3.05) is 32.7 Å². The maximum absolute atomic E-state index is 6.08. The summed E-state index contributed by atoms with van der Waals surface area (Å²) >= 11 is 6.08. The van der Waals surface area contributed by atoms with Crippen LogP contribution in [0.15, 0.2) is 30.3 Å². The molecule has 2 rings (SSSR count). The van der Waals surface area contributed by atoms with Crippen molar-refractivity contribution in [3.63, 3.8) is 0 Å². The first-order valence-electron chi connectivity index (χ1n) is 6.40. The maximum atomic E-state index is 6.08. The third-order valence-corrected chi connectivity index (χ3v) is 3.75. The van der Waals surface area contributed by atoms with Crippen LogP contribution < -0.4 is 0 Å². The molecule has 1 fully saturated rings. The van der Waals surface area contributed by atoms with Crippen molar-refractivity contribution in [2.24, 2.45) is 0 Å². The molecule has 1 unspecified atom stereocenters. The van der Waals surface area contributed by atoms with Crippen molar-refractivity contribution >= 4 is 36.4 Å². The summed E-state index contributed by atoms with van der Waals surface area (Å²) in [6, 6.07) is 10.7. The normalized spacial score (nSPS) is 18.2. The van der Waals surface area contributed by atoms with Crippen LogP contribution in [0, 0.1) is 0 Å². The monoisotopic (exact) mass is 324 g/mol. The number of halogens is 3. The van der Waals surface area contributed by atoms with E-state index >= 15 is 0 Å². The van der Waals surface area contributed by atoms with E-state index in [0.717, 1.165) is 39.1 Å². The molecule has 1 aliphatic heterocycles. The minimum Gasteiger partial charge on any atom is -0.300 e. The first-order chi connectivity index (χ1) is 8.25. The Bertz CT molecular complexity index is 325. The van der Waals surface area contributed by atoms with Crippen LogP contribution >= 0.6 is 36.4 Å². The van der Waals surface area contributed by atoms with Crippen LogP contribution in [0.3, 0.4) is 0 Å². The van der Waals surface area contributed by atoms with Crippen molar-refractivity contribution in [1.29, 1.82) is 0 Å². The average Bonchev–Trinajstić information content (AvgIpc) is 2.38. The highest BCUT2D eigenvalue weighted by Crippen LogP contribution is 2.09. The van der Waals surface area contributed by atoms with Crippen LogP contribution in [0.4, 0.5) is 0 Å². The molecule has 0 aromatic heterocycles. The highest BCUT2D eigenvalue weighted by molar-refractivity contribution is 6.20. The molecule has 1 aromatic rings. The predicted octanol–water partition coefficient (Wildman–Crippen LogP) is 3.28. The van der Waals surface area contributed by atoms with Gasteiger partial charge in [0.25, 0.3) is 0 Å². The van der Waals surface area contributed by atoms with Crippen molar-refractivity contribution in [3.8, 4) is 0 Å². The van der Waals surface area contributed by atoms with E-state index in [9.17, 15) is 0 Å². The van der Waals surface area contributed by atoms with Crippen LogP contribution in [0.1, 0.15) is 12.5 Å². The summed E-state index contributed by atoms with van der Waals surface area (Å²) in [5.74, 6) is 0. The lowest BCUT2D eigenvalue weighted by atomic mass is 10.1. The Balaban J connectivity index is 0.00000162. The van der Waals surface area contributed by atoms with Crippen LogP contribution in [0.2, 0.25) is 0 Å². The van der Waals surface area contributed by atoms with Crippen molar-refractivity contribution in [3.05, 3.63) is 35.9 Å². The van der Waals surface area contributed by atoms with Gasteiger partial charge in [0.1, 0.15) is 0 Å². The van der Waals surface area contributed by atoms with E-state index in [-0.39, 0.29) is 30.3 Å². The van der Waals surface area contributed by atoms with Crippen LogP contribution in [-0.2, 0) is 6.42 Å². The molecule has 1 saturated heterocycles.